The molecule has 1 aliphatic heterocycles. The fraction of sp³-hybridized carbons (Fsp3) is 0.200. The molecule has 3 N–H and O–H groups in total. The molecule has 0 atom stereocenters. The summed E-state index contributed by atoms with van der Waals surface area (Å²) in [6, 6.07) is 8.74. The van der Waals surface area contributed by atoms with Crippen LogP contribution >= 0.6 is 0 Å². The molecule has 0 saturated heterocycles. The summed E-state index contributed by atoms with van der Waals surface area (Å²) in [5.41, 5.74) is 3.52. The van der Waals surface area contributed by atoms with Gasteiger partial charge in [-0.05, 0) is 49.2 Å². The SMILES string of the molecule is Cc1ccc(O)c(NC(=O)c2ccc3c(c2)CCN3)n1. The summed E-state index contributed by atoms with van der Waals surface area (Å²) in [4.78, 5) is 16.3. The number of rotatable bonds is 2. The van der Waals surface area contributed by atoms with E-state index in [1.807, 2.05) is 12.1 Å². The van der Waals surface area contributed by atoms with Gasteiger partial charge in [0.15, 0.2) is 11.6 Å². The second-order valence-electron chi connectivity index (χ2n) is 4.82. The number of carbonyl (C=O) groups is 1. The van der Waals surface area contributed by atoms with E-state index in [0.29, 0.717) is 5.56 Å². The van der Waals surface area contributed by atoms with Gasteiger partial charge in [0.1, 0.15) is 0 Å². The number of carbonyl (C=O) groups excluding carboxylic acids is 1. The Morgan fingerprint density at radius 3 is 3.05 bits per heavy atom. The Labute approximate surface area is 116 Å². The van der Waals surface area contributed by atoms with Crippen molar-refractivity contribution in [2.75, 3.05) is 17.2 Å². The molecule has 5 nitrogen and oxygen atoms in total. The molecule has 2 aromatic rings. The first-order chi connectivity index (χ1) is 9.63. The van der Waals surface area contributed by atoms with Crippen molar-refractivity contribution in [2.45, 2.75) is 13.3 Å². The number of aryl methyl sites for hydroxylation is 1. The highest BCUT2D eigenvalue weighted by atomic mass is 16.3. The van der Waals surface area contributed by atoms with Gasteiger partial charge in [-0.1, -0.05) is 0 Å². The quantitative estimate of drug-likeness (QED) is 0.782. The van der Waals surface area contributed by atoms with Crippen molar-refractivity contribution < 1.29 is 9.90 Å². The number of hydrogen-bond acceptors (Lipinski definition) is 4. The van der Waals surface area contributed by atoms with E-state index in [1.54, 1.807) is 19.1 Å². The number of amides is 1. The molecule has 102 valence electrons. The van der Waals surface area contributed by atoms with Crippen molar-refractivity contribution in [2.24, 2.45) is 0 Å². The first kappa shape index (κ1) is 12.5. The van der Waals surface area contributed by atoms with Gasteiger partial charge in [0.05, 0.1) is 0 Å². The van der Waals surface area contributed by atoms with Crippen LogP contribution in [0.4, 0.5) is 11.5 Å². The third-order valence-electron chi connectivity index (χ3n) is 3.32. The van der Waals surface area contributed by atoms with Crippen molar-refractivity contribution in [3.63, 3.8) is 0 Å². The zero-order valence-electron chi connectivity index (χ0n) is 11.1. The highest BCUT2D eigenvalue weighted by molar-refractivity contribution is 6.04. The van der Waals surface area contributed by atoms with E-state index in [1.165, 1.54) is 6.07 Å². The van der Waals surface area contributed by atoms with Crippen LogP contribution < -0.4 is 10.6 Å². The van der Waals surface area contributed by atoms with E-state index < -0.39 is 0 Å². The predicted octanol–water partition coefficient (Wildman–Crippen LogP) is 2.32. The Kier molecular flexibility index (Phi) is 3.02. The molecule has 0 aliphatic carbocycles. The van der Waals surface area contributed by atoms with Gasteiger partial charge >= 0.3 is 0 Å². The Morgan fingerprint density at radius 2 is 2.20 bits per heavy atom. The van der Waals surface area contributed by atoms with Gasteiger partial charge in [0, 0.05) is 23.5 Å². The van der Waals surface area contributed by atoms with E-state index in [2.05, 4.69) is 15.6 Å². The lowest BCUT2D eigenvalue weighted by atomic mass is 10.1. The van der Waals surface area contributed by atoms with Crippen LogP contribution in [0, 0.1) is 6.92 Å². The van der Waals surface area contributed by atoms with Crippen LogP contribution in [0.3, 0.4) is 0 Å². The molecule has 3 rings (SSSR count). The number of aromatic nitrogens is 1. The van der Waals surface area contributed by atoms with Gasteiger partial charge < -0.3 is 15.7 Å². The van der Waals surface area contributed by atoms with Gasteiger partial charge in [-0.3, -0.25) is 4.79 Å². The first-order valence-electron chi connectivity index (χ1n) is 6.48. The van der Waals surface area contributed by atoms with Crippen molar-refractivity contribution in [1.82, 2.24) is 4.98 Å². The summed E-state index contributed by atoms with van der Waals surface area (Å²) < 4.78 is 0. The van der Waals surface area contributed by atoms with Crippen molar-refractivity contribution in [3.05, 3.63) is 47.2 Å². The van der Waals surface area contributed by atoms with Crippen LogP contribution in [0.1, 0.15) is 21.6 Å². The molecule has 0 spiro atoms. The molecule has 0 saturated carbocycles. The molecule has 1 aromatic heterocycles. The third-order valence-corrected chi connectivity index (χ3v) is 3.32. The summed E-state index contributed by atoms with van der Waals surface area (Å²) in [5.74, 6) is -0.117. The second-order valence-corrected chi connectivity index (χ2v) is 4.82. The molecule has 0 fully saturated rings. The standard InChI is InChI=1S/C15H15N3O2/c1-9-2-5-13(19)14(17-9)18-15(20)11-3-4-12-10(8-11)6-7-16-12/h2-5,8,16,19H,6-7H2,1H3,(H,17,18,20). The molecular weight excluding hydrogens is 254 g/mol. The molecular formula is C15H15N3O2. The molecule has 1 aliphatic rings. The molecule has 0 bridgehead atoms. The Balaban J connectivity index is 1.84. The third kappa shape index (κ3) is 2.30. The Morgan fingerprint density at radius 1 is 1.35 bits per heavy atom. The molecule has 20 heavy (non-hydrogen) atoms. The number of benzene rings is 1. The minimum Gasteiger partial charge on any atom is -0.504 e. The minimum absolute atomic E-state index is 0.0354. The minimum atomic E-state index is -0.270. The number of anilines is 2. The molecule has 1 amide bonds. The van der Waals surface area contributed by atoms with Gasteiger partial charge in [0.25, 0.3) is 5.91 Å². The van der Waals surface area contributed by atoms with Gasteiger partial charge in [-0.25, -0.2) is 4.98 Å². The normalized spacial score (nSPS) is 12.7. The van der Waals surface area contributed by atoms with Crippen LogP contribution in [0.15, 0.2) is 30.3 Å². The Hall–Kier alpha value is -2.56. The fourth-order valence-electron chi connectivity index (χ4n) is 2.27. The number of fused-ring (bicyclic) bond motifs is 1. The van der Waals surface area contributed by atoms with Crippen LogP contribution in [0.5, 0.6) is 5.75 Å². The van der Waals surface area contributed by atoms with E-state index in [0.717, 1.165) is 29.9 Å². The number of nitrogens with zero attached hydrogens (tertiary/aromatic N) is 1. The monoisotopic (exact) mass is 269 g/mol. The second kappa shape index (κ2) is 4.85. The highest BCUT2D eigenvalue weighted by Crippen LogP contribution is 2.25. The molecule has 2 heterocycles. The lowest BCUT2D eigenvalue weighted by Crippen LogP contribution is -2.13. The summed E-state index contributed by atoms with van der Waals surface area (Å²) >= 11 is 0. The molecule has 0 radical (unpaired) electrons. The summed E-state index contributed by atoms with van der Waals surface area (Å²) in [5, 5.41) is 15.6. The van der Waals surface area contributed by atoms with Crippen LogP contribution in [0.2, 0.25) is 0 Å². The molecule has 0 unspecified atom stereocenters. The van der Waals surface area contributed by atoms with E-state index in [9.17, 15) is 9.90 Å². The number of nitrogens with one attached hydrogen (secondary N) is 2. The van der Waals surface area contributed by atoms with Gasteiger partial charge in [0.2, 0.25) is 0 Å². The zero-order valence-corrected chi connectivity index (χ0v) is 11.1. The average Bonchev–Trinajstić information content (AvgIpc) is 2.90. The van der Waals surface area contributed by atoms with Crippen LogP contribution in [0.25, 0.3) is 0 Å². The Bertz CT molecular complexity index is 683. The topological polar surface area (TPSA) is 74.2 Å². The maximum Gasteiger partial charge on any atom is 0.256 e. The predicted molar refractivity (Wildman–Crippen MR) is 77.2 cm³/mol. The lowest BCUT2D eigenvalue weighted by molar-refractivity contribution is 0.102. The molecule has 5 heteroatoms. The summed E-state index contributed by atoms with van der Waals surface area (Å²) in [6.07, 6.45) is 0.921. The van der Waals surface area contributed by atoms with Gasteiger partial charge in [-0.15, -0.1) is 0 Å². The lowest BCUT2D eigenvalue weighted by Gasteiger charge is -2.08. The summed E-state index contributed by atoms with van der Waals surface area (Å²) in [7, 11) is 0. The first-order valence-corrected chi connectivity index (χ1v) is 6.48. The maximum absolute atomic E-state index is 12.2. The van der Waals surface area contributed by atoms with Crippen LogP contribution in [-0.4, -0.2) is 22.5 Å². The van der Waals surface area contributed by atoms with Crippen molar-refractivity contribution in [3.8, 4) is 5.75 Å². The largest absolute Gasteiger partial charge is 0.504 e. The number of aromatic hydroxyl groups is 1. The van der Waals surface area contributed by atoms with Crippen LogP contribution in [-0.2, 0) is 6.42 Å². The van der Waals surface area contributed by atoms with E-state index in [4.69, 9.17) is 0 Å². The zero-order chi connectivity index (χ0) is 14.1. The van der Waals surface area contributed by atoms with E-state index >= 15 is 0 Å². The maximum atomic E-state index is 12.2. The molecule has 1 aromatic carbocycles. The van der Waals surface area contributed by atoms with Gasteiger partial charge in [-0.2, -0.15) is 0 Å². The van der Waals surface area contributed by atoms with Crippen molar-refractivity contribution in [1.29, 1.82) is 0 Å². The van der Waals surface area contributed by atoms with Crippen molar-refractivity contribution >= 4 is 17.4 Å². The summed E-state index contributed by atoms with van der Waals surface area (Å²) in [6.45, 7) is 2.71. The fourth-order valence-corrected chi connectivity index (χ4v) is 2.27. The average molecular weight is 269 g/mol. The number of hydrogen-bond donors (Lipinski definition) is 3. The van der Waals surface area contributed by atoms with E-state index in [-0.39, 0.29) is 17.5 Å². The highest BCUT2D eigenvalue weighted by Gasteiger charge is 2.15. The number of pyridine rings is 1. The smallest absolute Gasteiger partial charge is 0.256 e.